The third kappa shape index (κ3) is 3.74. The quantitative estimate of drug-likeness (QED) is 0.477. The molecule has 0 saturated carbocycles. The summed E-state index contributed by atoms with van der Waals surface area (Å²) in [6, 6.07) is 18.9. The lowest BCUT2D eigenvalue weighted by Gasteiger charge is -2.34. The van der Waals surface area contributed by atoms with Gasteiger partial charge in [-0.25, -0.2) is 13.1 Å². The maximum absolute atomic E-state index is 13.2. The van der Waals surface area contributed by atoms with Gasteiger partial charge in [-0.05, 0) is 55.0 Å². The van der Waals surface area contributed by atoms with Gasteiger partial charge in [-0.3, -0.25) is 0 Å². The summed E-state index contributed by atoms with van der Waals surface area (Å²) in [5, 5.41) is 15.1. The molecule has 5 rings (SSSR count). The Bertz CT molecular complexity index is 1370. The van der Waals surface area contributed by atoms with Crippen LogP contribution in [0.2, 0.25) is 0 Å². The minimum absolute atomic E-state index is 0.332. The normalized spacial score (nSPS) is 15.4. The van der Waals surface area contributed by atoms with Crippen molar-refractivity contribution >= 4 is 26.6 Å². The highest BCUT2D eigenvalue weighted by molar-refractivity contribution is 7.89. The number of aromatic nitrogens is 4. The number of anilines is 1. The van der Waals surface area contributed by atoms with Gasteiger partial charge in [-0.1, -0.05) is 30.3 Å². The number of sulfonamides is 1. The molecule has 0 amide bonds. The first kappa shape index (κ1) is 20.6. The average molecular weight is 449 g/mol. The molecule has 32 heavy (non-hydrogen) atoms. The SMILES string of the molecule is Cc1cc(C)n(-c2ccc(N3CCN(S(=O)(=O)c4ccc5ccccc5c4)CC3)nn2)n1. The largest absolute Gasteiger partial charge is 0.352 e. The van der Waals surface area contributed by atoms with Crippen LogP contribution in [-0.4, -0.2) is 58.9 Å². The lowest BCUT2D eigenvalue weighted by molar-refractivity contribution is 0.383. The Hall–Kier alpha value is -3.30. The van der Waals surface area contributed by atoms with E-state index in [1.807, 2.05) is 62.4 Å². The second-order valence-corrected chi connectivity index (χ2v) is 9.93. The fourth-order valence-electron chi connectivity index (χ4n) is 4.10. The molecule has 0 atom stereocenters. The van der Waals surface area contributed by atoms with Crippen molar-refractivity contribution in [3.63, 3.8) is 0 Å². The van der Waals surface area contributed by atoms with E-state index in [1.165, 1.54) is 0 Å². The lowest BCUT2D eigenvalue weighted by atomic mass is 10.1. The van der Waals surface area contributed by atoms with Crippen LogP contribution in [0.25, 0.3) is 16.6 Å². The van der Waals surface area contributed by atoms with Gasteiger partial charge < -0.3 is 4.90 Å². The van der Waals surface area contributed by atoms with Crippen LogP contribution in [0.3, 0.4) is 0 Å². The number of hydrogen-bond donors (Lipinski definition) is 0. The zero-order chi connectivity index (χ0) is 22.3. The van der Waals surface area contributed by atoms with E-state index in [1.54, 1.807) is 21.1 Å². The summed E-state index contributed by atoms with van der Waals surface area (Å²) in [7, 11) is -3.55. The zero-order valence-electron chi connectivity index (χ0n) is 18.0. The second kappa shape index (κ2) is 7.99. The van der Waals surface area contributed by atoms with Gasteiger partial charge in [-0.2, -0.15) is 9.40 Å². The molecule has 0 N–H and O–H groups in total. The van der Waals surface area contributed by atoms with E-state index in [0.717, 1.165) is 28.0 Å². The summed E-state index contributed by atoms with van der Waals surface area (Å²) < 4.78 is 29.7. The van der Waals surface area contributed by atoms with Crippen LogP contribution < -0.4 is 4.90 Å². The molecule has 3 heterocycles. The van der Waals surface area contributed by atoms with Gasteiger partial charge in [0.15, 0.2) is 11.6 Å². The van der Waals surface area contributed by atoms with E-state index >= 15 is 0 Å². The van der Waals surface area contributed by atoms with E-state index in [9.17, 15) is 8.42 Å². The molecule has 164 valence electrons. The van der Waals surface area contributed by atoms with Gasteiger partial charge >= 0.3 is 0 Å². The number of hydrogen-bond acceptors (Lipinski definition) is 6. The highest BCUT2D eigenvalue weighted by atomic mass is 32.2. The van der Waals surface area contributed by atoms with E-state index < -0.39 is 10.0 Å². The van der Waals surface area contributed by atoms with E-state index in [2.05, 4.69) is 20.2 Å². The maximum atomic E-state index is 13.2. The Morgan fingerprint density at radius 1 is 0.781 bits per heavy atom. The van der Waals surface area contributed by atoms with E-state index in [4.69, 9.17) is 0 Å². The number of rotatable bonds is 4. The first-order valence-electron chi connectivity index (χ1n) is 10.5. The smallest absolute Gasteiger partial charge is 0.243 e. The standard InChI is InChI=1S/C23H24N6O2S/c1-17-15-18(2)29(26-17)23-10-9-22(24-25-23)27-11-13-28(14-12-27)32(30,31)21-8-7-19-5-3-4-6-20(19)16-21/h3-10,15-16H,11-14H2,1-2H3. The Kier molecular flexibility index (Phi) is 5.15. The third-order valence-corrected chi connectivity index (χ3v) is 7.68. The molecule has 8 nitrogen and oxygen atoms in total. The predicted molar refractivity (Wildman–Crippen MR) is 124 cm³/mol. The molecule has 0 aliphatic carbocycles. The monoisotopic (exact) mass is 448 g/mol. The molecular weight excluding hydrogens is 424 g/mol. The van der Waals surface area contributed by atoms with Crippen LogP contribution in [0.5, 0.6) is 0 Å². The number of benzene rings is 2. The molecule has 0 bridgehead atoms. The minimum atomic E-state index is -3.55. The van der Waals surface area contributed by atoms with Crippen molar-refractivity contribution in [1.29, 1.82) is 0 Å². The van der Waals surface area contributed by atoms with Crippen LogP contribution in [0.1, 0.15) is 11.4 Å². The number of nitrogens with zero attached hydrogens (tertiary/aromatic N) is 6. The molecule has 0 radical (unpaired) electrons. The number of piperazine rings is 1. The summed E-state index contributed by atoms with van der Waals surface area (Å²) in [5.74, 6) is 1.40. The predicted octanol–water partition coefficient (Wildman–Crippen LogP) is 2.94. The van der Waals surface area contributed by atoms with Crippen molar-refractivity contribution in [3.8, 4) is 5.82 Å². The fourth-order valence-corrected chi connectivity index (χ4v) is 5.55. The summed E-state index contributed by atoms with van der Waals surface area (Å²) in [4.78, 5) is 2.39. The summed E-state index contributed by atoms with van der Waals surface area (Å²) in [6.07, 6.45) is 0. The van der Waals surface area contributed by atoms with Crippen molar-refractivity contribution in [2.75, 3.05) is 31.1 Å². The van der Waals surface area contributed by atoms with Gasteiger partial charge in [0.05, 0.1) is 10.6 Å². The van der Waals surface area contributed by atoms with Gasteiger partial charge in [0.1, 0.15) is 0 Å². The van der Waals surface area contributed by atoms with Crippen molar-refractivity contribution < 1.29 is 8.42 Å². The van der Waals surface area contributed by atoms with Crippen molar-refractivity contribution in [1.82, 2.24) is 24.3 Å². The van der Waals surface area contributed by atoms with Gasteiger partial charge in [-0.15, -0.1) is 10.2 Å². The Balaban J connectivity index is 1.29. The Labute approximate surface area is 187 Å². The molecule has 1 saturated heterocycles. The molecule has 1 fully saturated rings. The molecule has 0 spiro atoms. The molecule has 2 aromatic carbocycles. The average Bonchev–Trinajstić information content (AvgIpc) is 3.16. The molecule has 1 aliphatic heterocycles. The molecule has 1 aliphatic rings. The minimum Gasteiger partial charge on any atom is -0.352 e. The van der Waals surface area contributed by atoms with E-state index in [-0.39, 0.29) is 0 Å². The summed E-state index contributed by atoms with van der Waals surface area (Å²) >= 11 is 0. The van der Waals surface area contributed by atoms with Gasteiger partial charge in [0, 0.05) is 31.9 Å². The highest BCUT2D eigenvalue weighted by Crippen LogP contribution is 2.24. The highest BCUT2D eigenvalue weighted by Gasteiger charge is 2.29. The van der Waals surface area contributed by atoms with Gasteiger partial charge in [0.25, 0.3) is 0 Å². The Morgan fingerprint density at radius 3 is 2.12 bits per heavy atom. The Morgan fingerprint density at radius 2 is 1.47 bits per heavy atom. The molecule has 2 aromatic heterocycles. The summed E-state index contributed by atoms with van der Waals surface area (Å²) in [5.41, 5.74) is 1.93. The first-order valence-corrected chi connectivity index (χ1v) is 12.0. The van der Waals surface area contributed by atoms with Crippen LogP contribution >= 0.6 is 0 Å². The second-order valence-electron chi connectivity index (χ2n) is 7.99. The van der Waals surface area contributed by atoms with Crippen LogP contribution in [-0.2, 0) is 10.0 Å². The lowest BCUT2D eigenvalue weighted by Crippen LogP contribution is -2.49. The van der Waals surface area contributed by atoms with Crippen LogP contribution in [0, 0.1) is 13.8 Å². The van der Waals surface area contributed by atoms with Crippen molar-refractivity contribution in [2.45, 2.75) is 18.7 Å². The van der Waals surface area contributed by atoms with Crippen molar-refractivity contribution in [2.24, 2.45) is 0 Å². The van der Waals surface area contributed by atoms with Crippen LogP contribution in [0.15, 0.2) is 65.6 Å². The molecule has 9 heteroatoms. The summed E-state index contributed by atoms with van der Waals surface area (Å²) in [6.45, 7) is 5.83. The van der Waals surface area contributed by atoms with Crippen LogP contribution in [0.4, 0.5) is 5.82 Å². The number of fused-ring (bicyclic) bond motifs is 1. The zero-order valence-corrected chi connectivity index (χ0v) is 18.8. The van der Waals surface area contributed by atoms with Crippen molar-refractivity contribution in [3.05, 3.63) is 72.1 Å². The fraction of sp³-hybridized carbons (Fsp3) is 0.261. The maximum Gasteiger partial charge on any atom is 0.243 e. The first-order chi connectivity index (χ1) is 15.4. The van der Waals surface area contributed by atoms with Gasteiger partial charge in [0.2, 0.25) is 10.0 Å². The molecule has 0 unspecified atom stereocenters. The molecule has 4 aromatic rings. The molecular formula is C23H24N6O2S. The number of aryl methyl sites for hydroxylation is 2. The topological polar surface area (TPSA) is 84.2 Å². The van der Waals surface area contributed by atoms with E-state index in [0.29, 0.717) is 36.9 Å². The third-order valence-electron chi connectivity index (χ3n) is 5.78.